The van der Waals surface area contributed by atoms with Gasteiger partial charge in [-0.15, -0.1) is 11.8 Å². The van der Waals surface area contributed by atoms with Gasteiger partial charge >= 0.3 is 0 Å². The van der Waals surface area contributed by atoms with Crippen molar-refractivity contribution in [3.63, 3.8) is 0 Å². The summed E-state index contributed by atoms with van der Waals surface area (Å²) in [6.07, 6.45) is 0. The first-order chi connectivity index (χ1) is 14.5. The molecule has 0 bridgehead atoms. The van der Waals surface area contributed by atoms with Crippen LogP contribution in [-0.2, 0) is 11.3 Å². The number of amides is 2. The van der Waals surface area contributed by atoms with E-state index in [4.69, 9.17) is 11.6 Å². The van der Waals surface area contributed by atoms with Gasteiger partial charge in [-0.1, -0.05) is 60.1 Å². The summed E-state index contributed by atoms with van der Waals surface area (Å²) in [7, 11) is 0. The van der Waals surface area contributed by atoms with Gasteiger partial charge in [0.1, 0.15) is 5.37 Å². The average Bonchev–Trinajstić information content (AvgIpc) is 3.12. The number of anilines is 1. The van der Waals surface area contributed by atoms with Crippen molar-refractivity contribution in [1.29, 1.82) is 0 Å². The summed E-state index contributed by atoms with van der Waals surface area (Å²) in [6, 6.07) is 22.8. The minimum atomic E-state index is -0.191. The summed E-state index contributed by atoms with van der Waals surface area (Å²) in [5.41, 5.74) is 4.31. The number of thioether (sulfide) groups is 1. The highest BCUT2D eigenvalue weighted by atomic mass is 35.5. The lowest BCUT2D eigenvalue weighted by Crippen LogP contribution is -2.27. The topological polar surface area (TPSA) is 49.4 Å². The minimum absolute atomic E-state index is 0.0509. The van der Waals surface area contributed by atoms with Gasteiger partial charge in [0.2, 0.25) is 5.91 Å². The first-order valence-electron chi connectivity index (χ1n) is 9.64. The predicted molar refractivity (Wildman–Crippen MR) is 123 cm³/mol. The Morgan fingerprint density at radius 2 is 1.83 bits per heavy atom. The highest BCUT2D eigenvalue weighted by Crippen LogP contribution is 2.39. The van der Waals surface area contributed by atoms with Crippen LogP contribution >= 0.6 is 23.4 Å². The van der Waals surface area contributed by atoms with Crippen LogP contribution < -0.4 is 5.32 Å². The molecule has 4 nitrogen and oxygen atoms in total. The van der Waals surface area contributed by atoms with E-state index in [2.05, 4.69) is 5.32 Å². The highest BCUT2D eigenvalue weighted by molar-refractivity contribution is 8.00. The van der Waals surface area contributed by atoms with E-state index in [0.29, 0.717) is 28.6 Å². The lowest BCUT2D eigenvalue weighted by Gasteiger charge is -2.24. The smallest absolute Gasteiger partial charge is 0.255 e. The Kier molecular flexibility index (Phi) is 6.11. The van der Waals surface area contributed by atoms with Crippen LogP contribution in [0.2, 0.25) is 5.02 Å². The van der Waals surface area contributed by atoms with Crippen LogP contribution in [-0.4, -0.2) is 22.5 Å². The molecular formula is C24H21ClN2O2S. The van der Waals surface area contributed by atoms with Crippen LogP contribution in [0.15, 0.2) is 72.8 Å². The number of nitrogens with zero attached hydrogens (tertiary/aromatic N) is 1. The van der Waals surface area contributed by atoms with E-state index in [9.17, 15) is 9.59 Å². The van der Waals surface area contributed by atoms with Crippen molar-refractivity contribution in [3.8, 4) is 0 Å². The third kappa shape index (κ3) is 4.53. The van der Waals surface area contributed by atoms with Gasteiger partial charge in [0.25, 0.3) is 5.91 Å². The van der Waals surface area contributed by atoms with Gasteiger partial charge in [-0.2, -0.15) is 0 Å². The molecule has 0 unspecified atom stereocenters. The second kappa shape index (κ2) is 8.94. The Morgan fingerprint density at radius 3 is 2.57 bits per heavy atom. The Balaban J connectivity index is 1.49. The number of hydrogen-bond donors (Lipinski definition) is 1. The molecule has 1 heterocycles. The largest absolute Gasteiger partial charge is 0.322 e. The van der Waals surface area contributed by atoms with Crippen LogP contribution in [0, 0.1) is 6.92 Å². The molecule has 0 aliphatic carbocycles. The molecule has 0 radical (unpaired) electrons. The van der Waals surface area contributed by atoms with E-state index in [1.165, 1.54) is 0 Å². The molecule has 1 fully saturated rings. The fourth-order valence-electron chi connectivity index (χ4n) is 3.40. The van der Waals surface area contributed by atoms with E-state index in [-0.39, 0.29) is 17.2 Å². The van der Waals surface area contributed by atoms with Crippen molar-refractivity contribution in [2.45, 2.75) is 18.8 Å². The van der Waals surface area contributed by atoms with E-state index in [0.717, 1.165) is 16.7 Å². The van der Waals surface area contributed by atoms with Crippen LogP contribution in [0.5, 0.6) is 0 Å². The van der Waals surface area contributed by atoms with Gasteiger partial charge in [0.05, 0.1) is 5.75 Å². The van der Waals surface area contributed by atoms with Crippen molar-refractivity contribution in [1.82, 2.24) is 4.90 Å². The van der Waals surface area contributed by atoms with Gasteiger partial charge in [-0.25, -0.2) is 0 Å². The molecular weight excluding hydrogens is 416 g/mol. The quantitative estimate of drug-likeness (QED) is 0.560. The van der Waals surface area contributed by atoms with Crippen molar-refractivity contribution in [2.75, 3.05) is 11.1 Å². The summed E-state index contributed by atoms with van der Waals surface area (Å²) < 4.78 is 0. The van der Waals surface area contributed by atoms with Crippen LogP contribution in [0.25, 0.3) is 0 Å². The number of rotatable bonds is 5. The second-order valence-electron chi connectivity index (χ2n) is 7.21. The van der Waals surface area contributed by atoms with Crippen LogP contribution in [0.4, 0.5) is 5.69 Å². The number of aryl methyl sites for hydroxylation is 1. The zero-order valence-electron chi connectivity index (χ0n) is 16.5. The molecule has 1 saturated heterocycles. The van der Waals surface area contributed by atoms with E-state index in [1.807, 2.05) is 60.4 Å². The van der Waals surface area contributed by atoms with Crippen molar-refractivity contribution >= 4 is 40.9 Å². The highest BCUT2D eigenvalue weighted by Gasteiger charge is 2.32. The molecule has 1 aliphatic rings. The lowest BCUT2D eigenvalue weighted by molar-refractivity contribution is -0.128. The number of halogens is 1. The van der Waals surface area contributed by atoms with E-state index in [1.54, 1.807) is 36.0 Å². The van der Waals surface area contributed by atoms with Crippen molar-refractivity contribution in [3.05, 3.63) is 100 Å². The van der Waals surface area contributed by atoms with Gasteiger partial charge in [0.15, 0.2) is 0 Å². The first-order valence-corrected chi connectivity index (χ1v) is 11.1. The van der Waals surface area contributed by atoms with E-state index < -0.39 is 0 Å². The maximum atomic E-state index is 12.6. The third-order valence-corrected chi connectivity index (χ3v) is 6.56. The predicted octanol–water partition coefficient (Wildman–Crippen LogP) is 5.67. The minimum Gasteiger partial charge on any atom is -0.322 e. The maximum absolute atomic E-state index is 12.6. The zero-order valence-corrected chi connectivity index (χ0v) is 18.0. The fourth-order valence-corrected chi connectivity index (χ4v) is 4.76. The fraction of sp³-hybridized carbons (Fsp3) is 0.167. The molecule has 30 heavy (non-hydrogen) atoms. The summed E-state index contributed by atoms with van der Waals surface area (Å²) in [5, 5.41) is 3.44. The molecule has 0 aromatic heterocycles. The summed E-state index contributed by atoms with van der Waals surface area (Å²) in [6.45, 7) is 2.50. The van der Waals surface area contributed by atoms with Crippen molar-refractivity contribution in [2.24, 2.45) is 0 Å². The Bertz CT molecular complexity index is 1070. The number of hydrogen-bond acceptors (Lipinski definition) is 3. The molecule has 1 atom stereocenters. The molecule has 152 valence electrons. The SMILES string of the molecule is Cc1ccc(Cl)cc1NC(=O)c1ccc([C@@H]2SCC(=O)N2Cc2ccccc2)cc1. The molecule has 1 aliphatic heterocycles. The number of nitrogens with one attached hydrogen (secondary N) is 1. The Morgan fingerprint density at radius 1 is 1.10 bits per heavy atom. The third-order valence-electron chi connectivity index (χ3n) is 5.07. The first kappa shape index (κ1) is 20.5. The van der Waals surface area contributed by atoms with Crippen LogP contribution in [0.3, 0.4) is 0 Å². The van der Waals surface area contributed by atoms with Gasteiger partial charge < -0.3 is 10.2 Å². The molecule has 0 spiro atoms. The maximum Gasteiger partial charge on any atom is 0.255 e. The molecule has 3 aromatic rings. The molecule has 6 heteroatoms. The zero-order chi connectivity index (χ0) is 21.1. The average molecular weight is 437 g/mol. The number of carbonyl (C=O) groups excluding carboxylic acids is 2. The summed E-state index contributed by atoms with van der Waals surface area (Å²) in [4.78, 5) is 27.0. The molecule has 2 amide bonds. The Labute approximate surface area is 185 Å². The van der Waals surface area contributed by atoms with E-state index >= 15 is 0 Å². The van der Waals surface area contributed by atoms with Crippen molar-refractivity contribution < 1.29 is 9.59 Å². The summed E-state index contributed by atoms with van der Waals surface area (Å²) >= 11 is 7.65. The van der Waals surface area contributed by atoms with Gasteiger partial charge in [-0.05, 0) is 47.9 Å². The van der Waals surface area contributed by atoms with Gasteiger partial charge in [0, 0.05) is 22.8 Å². The summed E-state index contributed by atoms with van der Waals surface area (Å²) in [5.74, 6) is 0.406. The standard InChI is InChI=1S/C24H21ClN2O2S/c1-16-7-12-20(25)13-21(16)26-23(29)18-8-10-19(11-9-18)24-27(22(28)15-30-24)14-17-5-3-2-4-6-17/h2-13,24H,14-15H2,1H3,(H,26,29)/t24-/m0/s1. The normalized spacial score (nSPS) is 16.0. The van der Waals surface area contributed by atoms with Gasteiger partial charge in [-0.3, -0.25) is 9.59 Å². The molecule has 3 aromatic carbocycles. The molecule has 1 N–H and O–H groups in total. The molecule has 0 saturated carbocycles. The second-order valence-corrected chi connectivity index (χ2v) is 8.71. The number of carbonyl (C=O) groups is 2. The number of benzene rings is 3. The lowest BCUT2D eigenvalue weighted by atomic mass is 10.1. The van der Waals surface area contributed by atoms with Crippen LogP contribution in [0.1, 0.15) is 32.4 Å². The molecule has 4 rings (SSSR count). The monoisotopic (exact) mass is 436 g/mol. The Hall–Kier alpha value is -2.76.